The van der Waals surface area contributed by atoms with Crippen LogP contribution in [-0.4, -0.2) is 39.0 Å². The van der Waals surface area contributed by atoms with E-state index in [4.69, 9.17) is 21.1 Å². The highest BCUT2D eigenvalue weighted by molar-refractivity contribution is 5.80. The minimum Gasteiger partial charge on any atom is -0.480 e. The van der Waals surface area contributed by atoms with Crippen LogP contribution in [0.5, 0.6) is 0 Å². The largest absolute Gasteiger partial charge is 0.480 e. The van der Waals surface area contributed by atoms with Crippen molar-refractivity contribution in [3.63, 3.8) is 0 Å². The fraction of sp³-hybridized carbons (Fsp3) is 0.833. The topological polar surface area (TPSA) is 104 Å². The van der Waals surface area contributed by atoms with Gasteiger partial charge in [-0.2, -0.15) is 0 Å². The summed E-state index contributed by atoms with van der Waals surface area (Å²) in [5, 5.41) is 26.4. The van der Waals surface area contributed by atoms with E-state index in [2.05, 4.69) is 0 Å². The lowest BCUT2D eigenvalue weighted by Gasteiger charge is -2.30. The molecule has 0 radical (unpaired) electrons. The molecule has 0 bridgehead atoms. The lowest BCUT2D eigenvalue weighted by molar-refractivity contribution is -0.153. The van der Waals surface area contributed by atoms with Crippen molar-refractivity contribution < 1.29 is 20.1 Å². The van der Waals surface area contributed by atoms with Gasteiger partial charge in [-0.15, -0.1) is 0 Å². The average Bonchev–Trinajstić information content (AvgIpc) is 1.84. The maximum Gasteiger partial charge on any atom is 0.329 e. The van der Waals surface area contributed by atoms with Crippen LogP contribution < -0.4 is 5.73 Å². The lowest BCUT2D eigenvalue weighted by Crippen LogP contribution is -2.63. The van der Waals surface area contributed by atoms with Crippen LogP contribution in [0.25, 0.3) is 0 Å². The van der Waals surface area contributed by atoms with E-state index >= 15 is 0 Å². The summed E-state index contributed by atoms with van der Waals surface area (Å²) in [6.07, 6.45) is -2.58. The van der Waals surface area contributed by atoms with Crippen molar-refractivity contribution in [2.45, 2.75) is 31.6 Å². The molecule has 0 spiro atoms. The monoisotopic (exact) mass is 163 g/mol. The first-order chi connectivity index (χ1) is 4.83. The Hall–Kier alpha value is -0.650. The van der Waals surface area contributed by atoms with E-state index in [1.54, 1.807) is 0 Å². The molecule has 2 unspecified atom stereocenters. The number of hydrogen-bond acceptors (Lipinski definition) is 4. The highest BCUT2D eigenvalue weighted by atomic mass is 16.4. The van der Waals surface area contributed by atoms with E-state index in [9.17, 15) is 4.79 Å². The Kier molecular flexibility index (Phi) is 2.98. The number of nitrogens with two attached hydrogens (primary N) is 1. The highest BCUT2D eigenvalue weighted by Gasteiger charge is 2.43. The number of aliphatic hydroxyl groups is 2. The minimum atomic E-state index is -1.97. The minimum absolute atomic E-state index is 1.22. The molecule has 0 rings (SSSR count). The Morgan fingerprint density at radius 1 is 1.36 bits per heavy atom. The van der Waals surface area contributed by atoms with Crippen molar-refractivity contribution in [1.29, 1.82) is 0 Å². The third kappa shape index (κ3) is 1.68. The molecule has 66 valence electrons. The van der Waals surface area contributed by atoms with Crippen molar-refractivity contribution in [3.05, 3.63) is 0 Å². The van der Waals surface area contributed by atoms with E-state index in [-0.39, 0.29) is 0 Å². The van der Waals surface area contributed by atoms with E-state index in [0.717, 1.165) is 0 Å². The molecule has 11 heavy (non-hydrogen) atoms. The molecule has 5 N–H and O–H groups in total. The van der Waals surface area contributed by atoms with Gasteiger partial charge in [-0.05, 0) is 13.8 Å². The van der Waals surface area contributed by atoms with Gasteiger partial charge in [0, 0.05) is 0 Å². The maximum atomic E-state index is 10.5. The molecule has 0 amide bonds. The van der Waals surface area contributed by atoms with Crippen LogP contribution in [0.15, 0.2) is 0 Å². The first kappa shape index (κ1) is 10.3. The van der Waals surface area contributed by atoms with Crippen molar-refractivity contribution in [3.8, 4) is 0 Å². The second kappa shape index (κ2) is 3.17. The van der Waals surface area contributed by atoms with Crippen molar-refractivity contribution in [1.82, 2.24) is 0 Å². The van der Waals surface area contributed by atoms with Gasteiger partial charge >= 0.3 is 5.97 Å². The molecule has 0 heterocycles. The van der Waals surface area contributed by atoms with Gasteiger partial charge in [0.15, 0.2) is 5.54 Å². The molecule has 0 saturated carbocycles. The number of carboxylic acid groups (broad SMARTS) is 1. The summed E-state index contributed by atoms with van der Waals surface area (Å²) in [6.45, 7) is 2.45. The van der Waals surface area contributed by atoms with Crippen LogP contribution in [0.1, 0.15) is 13.8 Å². The van der Waals surface area contributed by atoms with Crippen LogP contribution >= 0.6 is 0 Å². The second-order valence-corrected chi connectivity index (χ2v) is 2.59. The summed E-state index contributed by atoms with van der Waals surface area (Å²) in [6, 6.07) is 0. The predicted octanol–water partition coefficient (Wildman–Crippen LogP) is -1.47. The van der Waals surface area contributed by atoms with Gasteiger partial charge in [0.2, 0.25) is 0 Å². The molecular formula is C6H13NO4. The van der Waals surface area contributed by atoms with Crippen LogP contribution in [-0.2, 0) is 4.79 Å². The summed E-state index contributed by atoms with van der Waals surface area (Å²) >= 11 is 0. The normalized spacial score (nSPS) is 21.9. The van der Waals surface area contributed by atoms with Crippen molar-refractivity contribution >= 4 is 5.97 Å². The number of carbonyl (C=O) groups is 1. The molecule has 0 aliphatic rings. The SMILES string of the molecule is CC(O)C(N)(C(=O)O)C(C)O. The number of hydrogen-bond donors (Lipinski definition) is 4. The predicted molar refractivity (Wildman–Crippen MR) is 37.9 cm³/mol. The molecule has 0 saturated heterocycles. The smallest absolute Gasteiger partial charge is 0.329 e. The molecule has 0 fully saturated rings. The summed E-state index contributed by atoms with van der Waals surface area (Å²) in [4.78, 5) is 10.5. The van der Waals surface area contributed by atoms with E-state index in [1.807, 2.05) is 0 Å². The highest BCUT2D eigenvalue weighted by Crippen LogP contribution is 2.12. The number of aliphatic hydroxyl groups excluding tert-OH is 2. The maximum absolute atomic E-state index is 10.5. The Bertz CT molecular complexity index is 147. The Morgan fingerprint density at radius 2 is 1.64 bits per heavy atom. The molecular weight excluding hydrogens is 150 g/mol. The van der Waals surface area contributed by atoms with Crippen molar-refractivity contribution in [2.24, 2.45) is 5.73 Å². The van der Waals surface area contributed by atoms with Crippen molar-refractivity contribution in [2.75, 3.05) is 0 Å². The molecule has 0 aliphatic heterocycles. The first-order valence-corrected chi connectivity index (χ1v) is 3.21. The van der Waals surface area contributed by atoms with E-state index < -0.39 is 23.7 Å². The second-order valence-electron chi connectivity index (χ2n) is 2.59. The quantitative estimate of drug-likeness (QED) is 0.406. The van der Waals surface area contributed by atoms with Gasteiger partial charge in [0.25, 0.3) is 0 Å². The fourth-order valence-corrected chi connectivity index (χ4v) is 0.706. The first-order valence-electron chi connectivity index (χ1n) is 3.21. The van der Waals surface area contributed by atoms with E-state index in [1.165, 1.54) is 13.8 Å². The molecule has 0 aromatic heterocycles. The molecule has 0 aromatic carbocycles. The summed E-state index contributed by atoms with van der Waals surface area (Å²) in [5.41, 5.74) is 3.25. The number of rotatable bonds is 3. The Morgan fingerprint density at radius 3 is 1.64 bits per heavy atom. The zero-order valence-electron chi connectivity index (χ0n) is 6.48. The zero-order valence-corrected chi connectivity index (χ0v) is 6.48. The molecule has 5 nitrogen and oxygen atoms in total. The third-order valence-corrected chi connectivity index (χ3v) is 1.75. The average molecular weight is 163 g/mol. The zero-order chi connectivity index (χ0) is 9.23. The Labute approximate surface area is 64.4 Å². The van der Waals surface area contributed by atoms with Gasteiger partial charge in [0.1, 0.15) is 0 Å². The lowest BCUT2D eigenvalue weighted by atomic mass is 9.89. The van der Waals surface area contributed by atoms with Gasteiger partial charge in [-0.25, -0.2) is 0 Å². The fourth-order valence-electron chi connectivity index (χ4n) is 0.706. The van der Waals surface area contributed by atoms with Gasteiger partial charge in [0.05, 0.1) is 12.2 Å². The van der Waals surface area contributed by atoms with Crippen LogP contribution in [0, 0.1) is 0 Å². The molecule has 0 aliphatic carbocycles. The van der Waals surface area contributed by atoms with Gasteiger partial charge in [-0.3, -0.25) is 4.79 Å². The standard InChI is InChI=1S/C6H13NO4/c1-3(8)6(7,4(2)9)5(10)11/h3-4,8-9H,7H2,1-2H3,(H,10,11). The van der Waals surface area contributed by atoms with Gasteiger partial charge < -0.3 is 21.1 Å². The van der Waals surface area contributed by atoms with Crippen LogP contribution in [0.2, 0.25) is 0 Å². The van der Waals surface area contributed by atoms with Crippen LogP contribution in [0.4, 0.5) is 0 Å². The summed E-state index contributed by atoms with van der Waals surface area (Å²) in [7, 11) is 0. The molecule has 2 atom stereocenters. The summed E-state index contributed by atoms with van der Waals surface area (Å²) in [5.74, 6) is -1.41. The number of carboxylic acids is 1. The third-order valence-electron chi connectivity index (χ3n) is 1.75. The molecule has 0 aromatic rings. The van der Waals surface area contributed by atoms with E-state index in [0.29, 0.717) is 0 Å². The Balaban J connectivity index is 4.67. The van der Waals surface area contributed by atoms with Crippen LogP contribution in [0.3, 0.4) is 0 Å². The number of aliphatic carboxylic acids is 1. The van der Waals surface area contributed by atoms with Gasteiger partial charge in [-0.1, -0.05) is 0 Å². The summed E-state index contributed by atoms with van der Waals surface area (Å²) < 4.78 is 0. The molecule has 5 heteroatoms.